The van der Waals surface area contributed by atoms with E-state index in [2.05, 4.69) is 0 Å². The molecule has 3 aromatic carbocycles. The lowest BCUT2D eigenvalue weighted by atomic mass is 10.1. The first-order valence-corrected chi connectivity index (χ1v) is 11.6. The van der Waals surface area contributed by atoms with Gasteiger partial charge in [0.25, 0.3) is 0 Å². The van der Waals surface area contributed by atoms with Crippen LogP contribution in [0.25, 0.3) is 32.3 Å². The van der Waals surface area contributed by atoms with Crippen molar-refractivity contribution in [3.8, 4) is 32.3 Å². The third-order valence-electron chi connectivity index (χ3n) is 4.29. The molecule has 1 aromatic heterocycles. The largest absolute Gasteiger partial charge is 0.235 e. The highest BCUT2D eigenvalue weighted by atomic mass is 35.5. The maximum atomic E-state index is 11.8. The molecule has 0 fully saturated rings. The number of benzene rings is 3. The first-order chi connectivity index (χ1) is 13.4. The quantitative estimate of drug-likeness (QED) is 0.391. The molecule has 0 unspecified atom stereocenters. The summed E-state index contributed by atoms with van der Waals surface area (Å²) in [6.07, 6.45) is 1.21. The molecule has 140 valence electrons. The standard InChI is InChI=1S/C22H16ClNO2S2/c1-28(25,26)19-12-10-15(11-13-19)20-21(16-6-3-2-4-7-16)27-22(24-20)17-8-5-9-18(23)14-17/h2-14H,1H3. The van der Waals surface area contributed by atoms with E-state index in [9.17, 15) is 8.42 Å². The van der Waals surface area contributed by atoms with Gasteiger partial charge in [0, 0.05) is 22.4 Å². The Morgan fingerprint density at radius 1 is 0.821 bits per heavy atom. The highest BCUT2D eigenvalue weighted by Crippen LogP contribution is 2.41. The molecule has 3 nitrogen and oxygen atoms in total. The van der Waals surface area contributed by atoms with Crippen molar-refractivity contribution in [2.45, 2.75) is 4.90 Å². The number of thiazole rings is 1. The van der Waals surface area contributed by atoms with Gasteiger partial charge in [-0.25, -0.2) is 13.4 Å². The SMILES string of the molecule is CS(=O)(=O)c1ccc(-c2nc(-c3cccc(Cl)c3)sc2-c2ccccc2)cc1. The summed E-state index contributed by atoms with van der Waals surface area (Å²) in [4.78, 5) is 6.19. The van der Waals surface area contributed by atoms with Crippen molar-refractivity contribution < 1.29 is 8.42 Å². The Hall–Kier alpha value is -2.47. The molecule has 0 N–H and O–H groups in total. The number of halogens is 1. The van der Waals surface area contributed by atoms with Crippen molar-refractivity contribution in [1.29, 1.82) is 0 Å². The molecular formula is C22H16ClNO2S2. The van der Waals surface area contributed by atoms with Crippen LogP contribution in [0.1, 0.15) is 0 Å². The third kappa shape index (κ3) is 3.87. The number of hydrogen-bond donors (Lipinski definition) is 0. The van der Waals surface area contributed by atoms with Gasteiger partial charge in [0.1, 0.15) is 5.01 Å². The van der Waals surface area contributed by atoms with E-state index in [0.29, 0.717) is 9.92 Å². The molecule has 0 amide bonds. The zero-order valence-electron chi connectivity index (χ0n) is 15.0. The monoisotopic (exact) mass is 425 g/mol. The normalized spacial score (nSPS) is 11.5. The van der Waals surface area contributed by atoms with Gasteiger partial charge in [0.15, 0.2) is 9.84 Å². The van der Waals surface area contributed by atoms with Crippen LogP contribution in [0.4, 0.5) is 0 Å². The zero-order valence-corrected chi connectivity index (χ0v) is 17.4. The molecule has 28 heavy (non-hydrogen) atoms. The van der Waals surface area contributed by atoms with Gasteiger partial charge < -0.3 is 0 Å². The van der Waals surface area contributed by atoms with Crippen molar-refractivity contribution in [3.63, 3.8) is 0 Å². The predicted octanol–water partition coefficient (Wildman–Crippen LogP) is 6.20. The van der Waals surface area contributed by atoms with Gasteiger partial charge in [-0.3, -0.25) is 0 Å². The Morgan fingerprint density at radius 3 is 2.14 bits per heavy atom. The van der Waals surface area contributed by atoms with Crippen LogP contribution in [-0.2, 0) is 9.84 Å². The van der Waals surface area contributed by atoms with Gasteiger partial charge in [-0.15, -0.1) is 11.3 Å². The Morgan fingerprint density at radius 2 is 1.50 bits per heavy atom. The van der Waals surface area contributed by atoms with Gasteiger partial charge in [-0.1, -0.05) is 66.2 Å². The number of rotatable bonds is 4. The Balaban J connectivity index is 1.88. The fraction of sp³-hybridized carbons (Fsp3) is 0.0455. The molecule has 0 bridgehead atoms. The van der Waals surface area contributed by atoms with Gasteiger partial charge in [-0.05, 0) is 29.8 Å². The first kappa shape index (κ1) is 18.9. The van der Waals surface area contributed by atoms with Crippen LogP contribution in [0.3, 0.4) is 0 Å². The average Bonchev–Trinajstić information content (AvgIpc) is 3.14. The van der Waals surface area contributed by atoms with Crippen molar-refractivity contribution in [2.24, 2.45) is 0 Å². The van der Waals surface area contributed by atoms with Gasteiger partial charge in [0.05, 0.1) is 15.5 Å². The third-order valence-corrected chi connectivity index (χ3v) is 6.81. The number of nitrogens with zero attached hydrogens (tertiary/aromatic N) is 1. The second kappa shape index (κ2) is 7.51. The summed E-state index contributed by atoms with van der Waals surface area (Å²) >= 11 is 7.75. The Kier molecular flexibility index (Phi) is 5.06. The van der Waals surface area contributed by atoms with Crippen LogP contribution in [0.2, 0.25) is 5.02 Å². The van der Waals surface area contributed by atoms with Crippen LogP contribution in [0.5, 0.6) is 0 Å². The lowest BCUT2D eigenvalue weighted by Crippen LogP contribution is -1.96. The molecule has 6 heteroatoms. The van der Waals surface area contributed by atoms with Crippen LogP contribution in [0.15, 0.2) is 83.8 Å². The van der Waals surface area contributed by atoms with Crippen molar-refractivity contribution in [2.75, 3.05) is 6.26 Å². The average molecular weight is 426 g/mol. The molecule has 0 radical (unpaired) electrons. The molecule has 0 saturated carbocycles. The van der Waals surface area contributed by atoms with Crippen LogP contribution < -0.4 is 0 Å². The summed E-state index contributed by atoms with van der Waals surface area (Å²) in [6.45, 7) is 0. The minimum atomic E-state index is -3.24. The molecular weight excluding hydrogens is 410 g/mol. The van der Waals surface area contributed by atoms with E-state index < -0.39 is 9.84 Å². The Labute approximate surface area is 173 Å². The molecule has 0 aliphatic carbocycles. The molecule has 1 heterocycles. The number of sulfone groups is 1. The van der Waals surface area contributed by atoms with Crippen LogP contribution in [0, 0.1) is 0 Å². The van der Waals surface area contributed by atoms with E-state index in [0.717, 1.165) is 32.3 Å². The van der Waals surface area contributed by atoms with Crippen molar-refractivity contribution in [1.82, 2.24) is 4.98 Å². The lowest BCUT2D eigenvalue weighted by molar-refractivity contribution is 0.602. The molecule has 0 saturated heterocycles. The summed E-state index contributed by atoms with van der Waals surface area (Å²) in [5.74, 6) is 0. The minimum Gasteiger partial charge on any atom is -0.235 e. The molecule has 4 aromatic rings. The van der Waals surface area contributed by atoms with Crippen LogP contribution in [-0.4, -0.2) is 19.7 Å². The van der Waals surface area contributed by atoms with E-state index in [-0.39, 0.29) is 0 Å². The molecule has 0 aliphatic rings. The van der Waals surface area contributed by atoms with E-state index in [1.807, 2.05) is 54.6 Å². The minimum absolute atomic E-state index is 0.294. The van der Waals surface area contributed by atoms with Gasteiger partial charge >= 0.3 is 0 Å². The van der Waals surface area contributed by atoms with Crippen LogP contribution >= 0.6 is 22.9 Å². The second-order valence-corrected chi connectivity index (χ2v) is 9.82. The summed E-state index contributed by atoms with van der Waals surface area (Å²) in [7, 11) is -3.24. The zero-order chi connectivity index (χ0) is 19.7. The Bertz CT molecular complexity index is 1230. The fourth-order valence-electron chi connectivity index (χ4n) is 2.91. The van der Waals surface area contributed by atoms with Crippen molar-refractivity contribution >= 4 is 32.8 Å². The smallest absolute Gasteiger partial charge is 0.175 e. The molecule has 0 aliphatic heterocycles. The summed E-state index contributed by atoms with van der Waals surface area (Å²) in [6, 6.07) is 24.5. The summed E-state index contributed by atoms with van der Waals surface area (Å²) in [5, 5.41) is 1.52. The van der Waals surface area contributed by atoms with E-state index in [4.69, 9.17) is 16.6 Å². The maximum absolute atomic E-state index is 11.8. The highest BCUT2D eigenvalue weighted by molar-refractivity contribution is 7.90. The van der Waals surface area contributed by atoms with Gasteiger partial charge in [0.2, 0.25) is 0 Å². The molecule has 0 spiro atoms. The van der Waals surface area contributed by atoms with E-state index in [1.54, 1.807) is 35.6 Å². The molecule has 0 atom stereocenters. The number of hydrogen-bond acceptors (Lipinski definition) is 4. The maximum Gasteiger partial charge on any atom is 0.175 e. The lowest BCUT2D eigenvalue weighted by Gasteiger charge is -2.04. The molecule has 4 rings (SSSR count). The van der Waals surface area contributed by atoms with E-state index >= 15 is 0 Å². The van der Waals surface area contributed by atoms with E-state index in [1.165, 1.54) is 6.26 Å². The second-order valence-electron chi connectivity index (χ2n) is 6.37. The summed E-state index contributed by atoms with van der Waals surface area (Å²) < 4.78 is 23.5. The van der Waals surface area contributed by atoms with Gasteiger partial charge in [-0.2, -0.15) is 0 Å². The number of aromatic nitrogens is 1. The van der Waals surface area contributed by atoms with Crippen molar-refractivity contribution in [3.05, 3.63) is 83.9 Å². The summed E-state index contributed by atoms with van der Waals surface area (Å²) in [5.41, 5.74) is 3.71. The topological polar surface area (TPSA) is 47.0 Å². The first-order valence-electron chi connectivity index (χ1n) is 8.54. The highest BCUT2D eigenvalue weighted by Gasteiger charge is 2.17. The fourth-order valence-corrected chi connectivity index (χ4v) is 4.82. The predicted molar refractivity (Wildman–Crippen MR) is 117 cm³/mol.